The molecule has 0 atom stereocenters. The molecule has 3 aromatic rings. The molecule has 0 spiro atoms. The number of nitrogens with one attached hydrogen (secondary N) is 2. The zero-order valence-electron chi connectivity index (χ0n) is 15.4. The Morgan fingerprint density at radius 1 is 0.964 bits per heavy atom. The minimum Gasteiger partial charge on any atom is -0.350 e. The van der Waals surface area contributed by atoms with Crippen LogP contribution in [-0.4, -0.2) is 28.8 Å². The summed E-state index contributed by atoms with van der Waals surface area (Å²) in [4.78, 5) is 38.3. The molecule has 2 N–H and O–H groups in total. The molecule has 7 heteroatoms. The van der Waals surface area contributed by atoms with Crippen LogP contribution in [0.1, 0.15) is 33.6 Å². The van der Waals surface area contributed by atoms with E-state index >= 15 is 0 Å². The molecule has 0 unspecified atom stereocenters. The first-order valence-corrected chi connectivity index (χ1v) is 9.10. The largest absolute Gasteiger partial charge is 0.350 e. The Kier molecular flexibility index (Phi) is 4.57. The fourth-order valence-electron chi connectivity index (χ4n) is 3.49. The number of aromatic nitrogens is 1. The number of benzene rings is 2. The van der Waals surface area contributed by atoms with Gasteiger partial charge in [0, 0.05) is 48.4 Å². The molecule has 0 aliphatic carbocycles. The first-order chi connectivity index (χ1) is 13.5. The number of rotatable bonds is 3. The van der Waals surface area contributed by atoms with Crippen molar-refractivity contribution in [2.45, 2.75) is 12.8 Å². The average molecular weight is 376 g/mol. The summed E-state index contributed by atoms with van der Waals surface area (Å²) in [5.41, 5.74) is 7.50. The number of carbonyl (C=O) groups is 3. The van der Waals surface area contributed by atoms with Gasteiger partial charge in [0.15, 0.2) is 0 Å². The number of fused-ring (bicyclic) bond motifs is 1. The molecule has 4 rings (SSSR count). The summed E-state index contributed by atoms with van der Waals surface area (Å²) in [6.07, 6.45) is 3.14. The minimum atomic E-state index is -0.423. The standard InChI is InChI=1S/C21H20N4O3/c1-24-13-17(16-5-2-3-6-18(16)24)21(28)23-22-20(27)14-8-10-15(11-9-14)25-12-4-7-19(25)26/h2-3,5-6,8-11,13H,4,7,12H2,1H3,(H,22,27)(H,23,28). The monoisotopic (exact) mass is 376 g/mol. The third-order valence-electron chi connectivity index (χ3n) is 4.95. The summed E-state index contributed by atoms with van der Waals surface area (Å²) in [5, 5.41) is 0.816. The maximum atomic E-state index is 12.5. The van der Waals surface area contributed by atoms with Crippen LogP contribution in [0.4, 0.5) is 5.69 Å². The van der Waals surface area contributed by atoms with Gasteiger partial charge < -0.3 is 9.47 Å². The van der Waals surface area contributed by atoms with Crippen LogP contribution in [0.3, 0.4) is 0 Å². The highest BCUT2D eigenvalue weighted by Crippen LogP contribution is 2.22. The first kappa shape index (κ1) is 17.8. The first-order valence-electron chi connectivity index (χ1n) is 9.10. The van der Waals surface area contributed by atoms with Crippen molar-refractivity contribution in [3.63, 3.8) is 0 Å². The van der Waals surface area contributed by atoms with Crippen LogP contribution in [-0.2, 0) is 11.8 Å². The highest BCUT2D eigenvalue weighted by atomic mass is 16.2. The number of hydrogen-bond donors (Lipinski definition) is 2. The summed E-state index contributed by atoms with van der Waals surface area (Å²) in [6.45, 7) is 0.700. The Hall–Kier alpha value is -3.61. The SMILES string of the molecule is Cn1cc(C(=O)NNC(=O)c2ccc(N3CCCC3=O)cc2)c2ccccc21. The van der Waals surface area contributed by atoms with Crippen LogP contribution >= 0.6 is 0 Å². The van der Waals surface area contributed by atoms with Crippen molar-refractivity contribution in [1.82, 2.24) is 15.4 Å². The summed E-state index contributed by atoms with van der Waals surface area (Å²) in [7, 11) is 1.87. The second-order valence-corrected chi connectivity index (χ2v) is 6.77. The van der Waals surface area contributed by atoms with Crippen LogP contribution in [0.5, 0.6) is 0 Å². The molecular weight excluding hydrogens is 356 g/mol. The number of carbonyl (C=O) groups excluding carboxylic acids is 3. The quantitative estimate of drug-likeness (QED) is 0.689. The lowest BCUT2D eigenvalue weighted by molar-refractivity contribution is -0.117. The molecule has 0 radical (unpaired) electrons. The fourth-order valence-corrected chi connectivity index (χ4v) is 3.49. The Bertz CT molecular complexity index is 1070. The number of amides is 3. The predicted octanol–water partition coefficient (Wildman–Crippen LogP) is 2.38. The maximum absolute atomic E-state index is 12.5. The Balaban J connectivity index is 1.42. The zero-order chi connectivity index (χ0) is 19.7. The van der Waals surface area contributed by atoms with Crippen molar-refractivity contribution in [1.29, 1.82) is 0 Å². The van der Waals surface area contributed by atoms with Gasteiger partial charge in [-0.25, -0.2) is 0 Å². The van der Waals surface area contributed by atoms with Gasteiger partial charge in [-0.2, -0.15) is 0 Å². The van der Waals surface area contributed by atoms with Crippen molar-refractivity contribution < 1.29 is 14.4 Å². The van der Waals surface area contributed by atoms with Crippen molar-refractivity contribution in [3.05, 3.63) is 65.9 Å². The molecule has 7 nitrogen and oxygen atoms in total. The average Bonchev–Trinajstić information content (AvgIpc) is 3.30. The van der Waals surface area contributed by atoms with Crippen LogP contribution in [0.25, 0.3) is 10.9 Å². The van der Waals surface area contributed by atoms with E-state index in [9.17, 15) is 14.4 Å². The van der Waals surface area contributed by atoms with Crippen molar-refractivity contribution in [2.75, 3.05) is 11.4 Å². The van der Waals surface area contributed by atoms with E-state index in [1.165, 1.54) is 0 Å². The van der Waals surface area contributed by atoms with Gasteiger partial charge in [-0.1, -0.05) is 18.2 Å². The van der Waals surface area contributed by atoms with Crippen molar-refractivity contribution in [3.8, 4) is 0 Å². The lowest BCUT2D eigenvalue weighted by Gasteiger charge is -2.15. The van der Waals surface area contributed by atoms with Crippen LogP contribution < -0.4 is 15.8 Å². The van der Waals surface area contributed by atoms with E-state index in [0.717, 1.165) is 23.0 Å². The second-order valence-electron chi connectivity index (χ2n) is 6.77. The minimum absolute atomic E-state index is 0.0968. The molecule has 2 heterocycles. The molecule has 142 valence electrons. The van der Waals surface area contributed by atoms with Crippen molar-refractivity contribution >= 4 is 34.3 Å². The van der Waals surface area contributed by atoms with Gasteiger partial charge in [0.05, 0.1) is 5.56 Å². The summed E-state index contributed by atoms with van der Waals surface area (Å²) < 4.78 is 1.87. The molecule has 0 bridgehead atoms. The Morgan fingerprint density at radius 3 is 2.39 bits per heavy atom. The molecule has 28 heavy (non-hydrogen) atoms. The molecule has 3 amide bonds. The lowest BCUT2D eigenvalue weighted by atomic mass is 10.1. The number of anilines is 1. The normalized spacial score (nSPS) is 13.8. The molecule has 0 saturated carbocycles. The summed E-state index contributed by atoms with van der Waals surface area (Å²) in [6, 6.07) is 14.3. The third kappa shape index (κ3) is 3.22. The number of hydrazine groups is 1. The van der Waals surface area contributed by atoms with Crippen molar-refractivity contribution in [2.24, 2.45) is 7.05 Å². The van der Waals surface area contributed by atoms with Gasteiger partial charge in [-0.3, -0.25) is 25.2 Å². The van der Waals surface area contributed by atoms with E-state index in [1.807, 2.05) is 35.9 Å². The number of nitrogens with zero attached hydrogens (tertiary/aromatic N) is 2. The van der Waals surface area contributed by atoms with Gasteiger partial charge in [-0.05, 0) is 36.8 Å². The zero-order valence-corrected chi connectivity index (χ0v) is 15.4. The van der Waals surface area contributed by atoms with Crippen LogP contribution in [0.2, 0.25) is 0 Å². The highest BCUT2D eigenvalue weighted by molar-refractivity contribution is 6.08. The van der Waals surface area contributed by atoms with Crippen LogP contribution in [0.15, 0.2) is 54.7 Å². The van der Waals surface area contributed by atoms with E-state index in [0.29, 0.717) is 24.1 Å². The predicted molar refractivity (Wildman–Crippen MR) is 106 cm³/mol. The lowest BCUT2D eigenvalue weighted by Crippen LogP contribution is -2.41. The van der Waals surface area contributed by atoms with E-state index in [2.05, 4.69) is 10.9 Å². The van der Waals surface area contributed by atoms with E-state index < -0.39 is 5.91 Å². The maximum Gasteiger partial charge on any atom is 0.271 e. The molecule has 1 fully saturated rings. The van der Waals surface area contributed by atoms with Crippen LogP contribution in [0, 0.1) is 0 Å². The summed E-state index contributed by atoms with van der Waals surface area (Å²) >= 11 is 0. The van der Waals surface area contributed by atoms with E-state index in [4.69, 9.17) is 0 Å². The fraction of sp³-hybridized carbons (Fsp3) is 0.190. The molecule has 1 saturated heterocycles. The Morgan fingerprint density at radius 2 is 1.68 bits per heavy atom. The highest BCUT2D eigenvalue weighted by Gasteiger charge is 2.21. The number of hydrogen-bond acceptors (Lipinski definition) is 3. The van der Waals surface area contributed by atoms with E-state index in [1.54, 1.807) is 35.4 Å². The van der Waals surface area contributed by atoms with Gasteiger partial charge in [0.25, 0.3) is 11.8 Å². The second kappa shape index (κ2) is 7.19. The number of aryl methyl sites for hydroxylation is 1. The third-order valence-corrected chi connectivity index (χ3v) is 4.95. The van der Waals surface area contributed by atoms with Gasteiger partial charge in [0.1, 0.15) is 0 Å². The smallest absolute Gasteiger partial charge is 0.271 e. The Labute approximate surface area is 161 Å². The molecule has 2 aromatic carbocycles. The summed E-state index contributed by atoms with van der Waals surface area (Å²) in [5.74, 6) is -0.711. The van der Waals surface area contributed by atoms with E-state index in [-0.39, 0.29) is 11.8 Å². The topological polar surface area (TPSA) is 83.4 Å². The van der Waals surface area contributed by atoms with Gasteiger partial charge in [-0.15, -0.1) is 0 Å². The van der Waals surface area contributed by atoms with Gasteiger partial charge in [0.2, 0.25) is 5.91 Å². The van der Waals surface area contributed by atoms with Gasteiger partial charge >= 0.3 is 0 Å². The number of para-hydroxylation sites is 1. The molecule has 1 aliphatic heterocycles. The molecular formula is C21H20N4O3. The molecule has 1 aliphatic rings. The molecule has 1 aromatic heterocycles.